The minimum Gasteiger partial charge on any atom is -0.391 e. The summed E-state index contributed by atoms with van der Waals surface area (Å²) in [5.41, 5.74) is -1.10. The molecule has 2 N–H and O–H groups in total. The number of alkyl halides is 3. The fraction of sp³-hybridized carbons (Fsp3) is 0.556. The second kappa shape index (κ2) is 7.31. The van der Waals surface area contributed by atoms with Crippen molar-refractivity contribution in [2.45, 2.75) is 38.1 Å². The molecule has 9 heteroatoms. The van der Waals surface area contributed by atoms with Crippen molar-refractivity contribution in [1.29, 1.82) is 0 Å². The summed E-state index contributed by atoms with van der Waals surface area (Å²) >= 11 is 5.97. The molecule has 2 fully saturated rings. The number of nitrogens with zero attached hydrogens (tertiary/aromatic N) is 1. The number of likely N-dealkylation sites (tertiary alicyclic amines) is 1. The lowest BCUT2D eigenvalue weighted by Gasteiger charge is -2.35. The van der Waals surface area contributed by atoms with Crippen LogP contribution in [0, 0.1) is 11.8 Å². The van der Waals surface area contributed by atoms with E-state index in [-0.39, 0.29) is 34.4 Å². The van der Waals surface area contributed by atoms with Crippen LogP contribution in [0.5, 0.6) is 0 Å². The number of carbonyl (C=O) groups excluding carboxylic acids is 2. The normalized spacial score (nSPS) is 28.0. The van der Waals surface area contributed by atoms with Crippen LogP contribution in [0.2, 0.25) is 5.02 Å². The first-order valence-electron chi connectivity index (χ1n) is 8.67. The molecule has 1 heterocycles. The van der Waals surface area contributed by atoms with Crippen LogP contribution in [0.15, 0.2) is 18.2 Å². The maximum atomic E-state index is 12.9. The molecular formula is C18H20ClF3N2O3. The summed E-state index contributed by atoms with van der Waals surface area (Å²) in [7, 11) is 0. The largest absolute Gasteiger partial charge is 0.416 e. The first-order chi connectivity index (χ1) is 12.6. The van der Waals surface area contributed by atoms with Gasteiger partial charge in [0.05, 0.1) is 28.3 Å². The van der Waals surface area contributed by atoms with E-state index in [0.29, 0.717) is 25.9 Å². The minimum atomic E-state index is -4.56. The Hall–Kier alpha value is -1.80. The van der Waals surface area contributed by atoms with Gasteiger partial charge in [-0.25, -0.2) is 0 Å². The molecule has 0 bridgehead atoms. The van der Waals surface area contributed by atoms with E-state index in [9.17, 15) is 27.9 Å². The highest BCUT2D eigenvalue weighted by Gasteiger charge is 2.43. The van der Waals surface area contributed by atoms with Crippen LogP contribution in [-0.4, -0.2) is 47.1 Å². The average molecular weight is 405 g/mol. The van der Waals surface area contributed by atoms with Crippen molar-refractivity contribution in [3.8, 4) is 0 Å². The first kappa shape index (κ1) is 19.9. The third-order valence-electron chi connectivity index (χ3n) is 5.34. The molecule has 3 rings (SSSR count). The van der Waals surface area contributed by atoms with Gasteiger partial charge in [-0.05, 0) is 42.9 Å². The number of aliphatic hydroxyl groups excluding tert-OH is 1. The third kappa shape index (κ3) is 4.21. The topological polar surface area (TPSA) is 69.6 Å². The average Bonchev–Trinajstić information content (AvgIpc) is 2.96. The van der Waals surface area contributed by atoms with Crippen LogP contribution in [0.1, 0.15) is 35.7 Å². The molecule has 1 aromatic carbocycles. The highest BCUT2D eigenvalue weighted by atomic mass is 35.5. The van der Waals surface area contributed by atoms with Crippen LogP contribution >= 0.6 is 11.6 Å². The lowest BCUT2D eigenvalue weighted by atomic mass is 9.77. The summed E-state index contributed by atoms with van der Waals surface area (Å²) in [6.07, 6.45) is -4.32. The van der Waals surface area contributed by atoms with Crippen molar-refractivity contribution in [1.82, 2.24) is 10.2 Å². The molecule has 1 aliphatic carbocycles. The molecule has 0 aromatic heterocycles. The van der Waals surface area contributed by atoms with Gasteiger partial charge >= 0.3 is 6.18 Å². The van der Waals surface area contributed by atoms with E-state index in [0.717, 1.165) is 18.2 Å². The van der Waals surface area contributed by atoms with Crippen LogP contribution in [-0.2, 0) is 11.0 Å². The third-order valence-corrected chi connectivity index (χ3v) is 5.67. The molecule has 1 aliphatic heterocycles. The zero-order chi connectivity index (χ0) is 19.9. The number of hydrogen-bond donors (Lipinski definition) is 2. The number of hydrogen-bond acceptors (Lipinski definition) is 3. The zero-order valence-corrected chi connectivity index (χ0v) is 15.3. The minimum absolute atomic E-state index is 0.0287. The molecule has 4 atom stereocenters. The van der Waals surface area contributed by atoms with Crippen molar-refractivity contribution in [3.05, 3.63) is 34.3 Å². The standard InChI is InChI=1S/C18H20ClF3N2O3/c1-9(25)23-15-4-10-7-24(8-11(10)5-16(15)26)17(27)13-6-12(18(20,21)22)2-3-14(13)19/h2-3,6,10-11,15-16,26H,4-5,7-8H2,1H3,(H,23,25)/t10-,11+,15-,16-/m1/s1. The summed E-state index contributed by atoms with van der Waals surface area (Å²) in [6.45, 7) is 2.08. The molecule has 27 heavy (non-hydrogen) atoms. The van der Waals surface area contributed by atoms with E-state index in [4.69, 9.17) is 11.6 Å². The lowest BCUT2D eigenvalue weighted by molar-refractivity contribution is -0.137. The van der Waals surface area contributed by atoms with Gasteiger partial charge in [-0.1, -0.05) is 11.6 Å². The number of rotatable bonds is 2. The smallest absolute Gasteiger partial charge is 0.391 e. The van der Waals surface area contributed by atoms with Crippen molar-refractivity contribution < 1.29 is 27.9 Å². The van der Waals surface area contributed by atoms with Crippen molar-refractivity contribution >= 4 is 23.4 Å². The molecule has 1 saturated carbocycles. The zero-order valence-electron chi connectivity index (χ0n) is 14.6. The van der Waals surface area contributed by atoms with E-state index in [1.54, 1.807) is 0 Å². The van der Waals surface area contributed by atoms with Gasteiger partial charge in [0, 0.05) is 20.0 Å². The molecule has 1 saturated heterocycles. The summed E-state index contributed by atoms with van der Waals surface area (Å²) < 4.78 is 38.8. The Balaban J connectivity index is 1.76. The summed E-state index contributed by atoms with van der Waals surface area (Å²) in [5.74, 6) is -0.678. The molecule has 0 radical (unpaired) electrons. The van der Waals surface area contributed by atoms with Gasteiger partial charge in [0.15, 0.2) is 0 Å². The molecule has 0 spiro atoms. The molecule has 5 nitrogen and oxygen atoms in total. The highest BCUT2D eigenvalue weighted by Crippen LogP contribution is 2.38. The summed E-state index contributed by atoms with van der Waals surface area (Å²) in [6, 6.07) is 2.33. The molecule has 2 aliphatic rings. The lowest BCUT2D eigenvalue weighted by Crippen LogP contribution is -2.48. The molecule has 1 aromatic rings. The predicted molar refractivity (Wildman–Crippen MR) is 92.2 cm³/mol. The van der Waals surface area contributed by atoms with E-state index < -0.39 is 23.8 Å². The number of carbonyl (C=O) groups is 2. The Morgan fingerprint density at radius 2 is 1.85 bits per heavy atom. The predicted octanol–water partition coefficient (Wildman–Crippen LogP) is 2.71. The second-order valence-corrected chi connectivity index (χ2v) is 7.68. The van der Waals surface area contributed by atoms with Gasteiger partial charge in [0.25, 0.3) is 5.91 Å². The number of halogens is 4. The number of benzene rings is 1. The Morgan fingerprint density at radius 3 is 2.44 bits per heavy atom. The van der Waals surface area contributed by atoms with Crippen molar-refractivity contribution in [3.63, 3.8) is 0 Å². The van der Waals surface area contributed by atoms with Crippen LogP contribution < -0.4 is 5.32 Å². The molecule has 2 amide bonds. The van der Waals surface area contributed by atoms with E-state index >= 15 is 0 Å². The Bertz CT molecular complexity index is 756. The molecular weight excluding hydrogens is 385 g/mol. The van der Waals surface area contributed by atoms with Crippen LogP contribution in [0.25, 0.3) is 0 Å². The van der Waals surface area contributed by atoms with Gasteiger partial charge in [0.2, 0.25) is 5.91 Å². The van der Waals surface area contributed by atoms with Crippen molar-refractivity contribution in [2.24, 2.45) is 11.8 Å². The van der Waals surface area contributed by atoms with E-state index in [1.165, 1.54) is 11.8 Å². The number of fused-ring (bicyclic) bond motifs is 1. The van der Waals surface area contributed by atoms with E-state index in [2.05, 4.69) is 5.32 Å². The first-order valence-corrected chi connectivity index (χ1v) is 9.05. The summed E-state index contributed by atoms with van der Waals surface area (Å²) in [5, 5.41) is 12.9. The Labute approximate surface area is 159 Å². The Morgan fingerprint density at radius 1 is 1.22 bits per heavy atom. The second-order valence-electron chi connectivity index (χ2n) is 7.27. The number of amides is 2. The number of nitrogens with one attached hydrogen (secondary N) is 1. The van der Waals surface area contributed by atoms with E-state index in [1.807, 2.05) is 0 Å². The number of aliphatic hydroxyl groups is 1. The maximum Gasteiger partial charge on any atom is 0.416 e. The monoisotopic (exact) mass is 404 g/mol. The van der Waals surface area contributed by atoms with Crippen LogP contribution in [0.4, 0.5) is 13.2 Å². The maximum absolute atomic E-state index is 12.9. The van der Waals surface area contributed by atoms with Crippen molar-refractivity contribution in [2.75, 3.05) is 13.1 Å². The van der Waals surface area contributed by atoms with Gasteiger partial charge in [-0.2, -0.15) is 13.2 Å². The SMILES string of the molecule is CC(=O)N[C@@H]1C[C@@H]2CN(C(=O)c3cc(C(F)(F)F)ccc3Cl)C[C@@H]2C[C@H]1O. The van der Waals surface area contributed by atoms with Gasteiger partial charge < -0.3 is 15.3 Å². The fourth-order valence-electron chi connectivity index (χ4n) is 4.05. The Kier molecular flexibility index (Phi) is 5.40. The molecule has 0 unspecified atom stereocenters. The van der Waals surface area contributed by atoms with Gasteiger partial charge in [-0.3, -0.25) is 9.59 Å². The van der Waals surface area contributed by atoms with Gasteiger partial charge in [-0.15, -0.1) is 0 Å². The molecule has 148 valence electrons. The van der Waals surface area contributed by atoms with Crippen LogP contribution in [0.3, 0.4) is 0 Å². The summed E-state index contributed by atoms with van der Waals surface area (Å²) in [4.78, 5) is 25.5. The highest BCUT2D eigenvalue weighted by molar-refractivity contribution is 6.33. The fourth-order valence-corrected chi connectivity index (χ4v) is 4.25. The quantitative estimate of drug-likeness (QED) is 0.796. The van der Waals surface area contributed by atoms with Gasteiger partial charge in [0.1, 0.15) is 0 Å².